The van der Waals surface area contributed by atoms with Crippen LogP contribution >= 0.6 is 11.3 Å². The van der Waals surface area contributed by atoms with E-state index in [0.717, 1.165) is 6.42 Å². The molecule has 0 bridgehead atoms. The summed E-state index contributed by atoms with van der Waals surface area (Å²) in [7, 11) is 0. The highest BCUT2D eigenvalue weighted by molar-refractivity contribution is 7.13. The van der Waals surface area contributed by atoms with E-state index in [1.807, 2.05) is 11.3 Å². The number of thiophene rings is 1. The summed E-state index contributed by atoms with van der Waals surface area (Å²) < 4.78 is 0. The lowest BCUT2D eigenvalue weighted by atomic mass is 10.1. The zero-order valence-corrected chi connectivity index (χ0v) is 8.55. The molecule has 0 nitrogen and oxygen atoms in total. The second-order valence-corrected chi connectivity index (χ2v) is 4.38. The van der Waals surface area contributed by atoms with Gasteiger partial charge in [0.1, 0.15) is 0 Å². The lowest BCUT2D eigenvalue weighted by Gasteiger charge is -2.02. The van der Waals surface area contributed by atoms with Gasteiger partial charge in [0.2, 0.25) is 0 Å². The molecule has 0 radical (unpaired) electrons. The minimum absolute atomic E-state index is 1.06. The van der Waals surface area contributed by atoms with E-state index in [2.05, 4.69) is 47.9 Å². The Morgan fingerprint density at radius 2 is 2.00 bits per heavy atom. The third-order valence-corrected chi connectivity index (χ3v) is 3.58. The van der Waals surface area contributed by atoms with E-state index in [4.69, 9.17) is 0 Å². The molecule has 3 rings (SSSR count). The van der Waals surface area contributed by atoms with Crippen LogP contribution in [-0.4, -0.2) is 0 Å². The highest BCUT2D eigenvalue weighted by atomic mass is 32.1. The zero-order chi connectivity index (χ0) is 9.38. The summed E-state index contributed by atoms with van der Waals surface area (Å²) in [5, 5.41) is 2.18. The fourth-order valence-corrected chi connectivity index (χ4v) is 2.88. The lowest BCUT2D eigenvalue weighted by Crippen LogP contribution is -1.80. The van der Waals surface area contributed by atoms with Crippen LogP contribution in [0.3, 0.4) is 0 Å². The van der Waals surface area contributed by atoms with Gasteiger partial charge in [-0.25, -0.2) is 0 Å². The molecule has 1 heteroatoms. The molecule has 0 spiro atoms. The number of fused-ring (bicyclic) bond motifs is 3. The molecule has 0 atom stereocenters. The lowest BCUT2D eigenvalue weighted by molar-refractivity contribution is 1.32. The van der Waals surface area contributed by atoms with Crippen molar-refractivity contribution in [1.29, 1.82) is 0 Å². The average Bonchev–Trinajstić information content (AvgIpc) is 2.61. The largest absolute Gasteiger partial charge is 0.144 e. The molecule has 0 saturated carbocycles. The molecule has 0 aliphatic heterocycles. The van der Waals surface area contributed by atoms with E-state index in [1.54, 1.807) is 0 Å². The molecule has 1 aliphatic rings. The second kappa shape index (κ2) is 3.10. The first-order chi connectivity index (χ1) is 6.95. The van der Waals surface area contributed by atoms with Crippen LogP contribution in [0.15, 0.2) is 41.8 Å². The molecule has 1 aromatic carbocycles. The molecule has 14 heavy (non-hydrogen) atoms. The summed E-state index contributed by atoms with van der Waals surface area (Å²) in [4.78, 5) is 1.44. The molecule has 1 heterocycles. The van der Waals surface area contributed by atoms with Crippen LogP contribution in [0.1, 0.15) is 11.1 Å². The van der Waals surface area contributed by atoms with Gasteiger partial charge in [-0.05, 0) is 34.6 Å². The molecule has 1 aromatic heterocycles. The molecule has 1 aliphatic carbocycles. The highest BCUT2D eigenvalue weighted by Gasteiger charge is 2.10. The molecule has 0 fully saturated rings. The minimum atomic E-state index is 1.06. The molecule has 0 N–H and O–H groups in total. The van der Waals surface area contributed by atoms with Gasteiger partial charge in [0.15, 0.2) is 0 Å². The van der Waals surface area contributed by atoms with Gasteiger partial charge in [-0.15, -0.1) is 11.3 Å². The summed E-state index contributed by atoms with van der Waals surface area (Å²) in [6.07, 6.45) is 5.53. The predicted octanol–water partition coefficient (Wildman–Crippen LogP) is 3.98. The molecule has 0 unspecified atom stereocenters. The van der Waals surface area contributed by atoms with Gasteiger partial charge in [0.05, 0.1) is 0 Å². The van der Waals surface area contributed by atoms with Crippen molar-refractivity contribution in [2.75, 3.05) is 0 Å². The fraction of sp³-hybridized carbons (Fsp3) is 0.0769. The van der Waals surface area contributed by atoms with E-state index < -0.39 is 0 Å². The quantitative estimate of drug-likeness (QED) is 0.600. The third kappa shape index (κ3) is 1.13. The van der Waals surface area contributed by atoms with Crippen molar-refractivity contribution in [1.82, 2.24) is 0 Å². The zero-order valence-electron chi connectivity index (χ0n) is 7.73. The van der Waals surface area contributed by atoms with E-state index in [0.29, 0.717) is 0 Å². The Bertz CT molecular complexity index is 491. The van der Waals surface area contributed by atoms with Crippen LogP contribution in [0.4, 0.5) is 0 Å². The summed E-state index contributed by atoms with van der Waals surface area (Å²) >= 11 is 1.84. The van der Waals surface area contributed by atoms with Crippen molar-refractivity contribution in [3.05, 3.63) is 52.9 Å². The Morgan fingerprint density at radius 1 is 1.07 bits per heavy atom. The maximum atomic E-state index is 2.25. The SMILES string of the molecule is C1=Cc2ccccc2-c2sccc2C1. The van der Waals surface area contributed by atoms with Gasteiger partial charge in [0.25, 0.3) is 0 Å². The van der Waals surface area contributed by atoms with Crippen LogP contribution in [0.5, 0.6) is 0 Å². The van der Waals surface area contributed by atoms with E-state index >= 15 is 0 Å². The summed E-state index contributed by atoms with van der Waals surface area (Å²) in [6.45, 7) is 0. The number of hydrogen-bond donors (Lipinski definition) is 0. The van der Waals surface area contributed by atoms with Crippen molar-refractivity contribution in [3.63, 3.8) is 0 Å². The number of rotatable bonds is 0. The van der Waals surface area contributed by atoms with Crippen molar-refractivity contribution in [3.8, 4) is 10.4 Å². The smallest absolute Gasteiger partial charge is 0.0383 e. The fourth-order valence-electron chi connectivity index (χ4n) is 1.89. The Balaban J connectivity index is 2.34. The molecular formula is C13H10S. The number of hydrogen-bond acceptors (Lipinski definition) is 1. The topological polar surface area (TPSA) is 0 Å². The Morgan fingerprint density at radius 3 is 3.00 bits per heavy atom. The minimum Gasteiger partial charge on any atom is -0.144 e. The normalized spacial score (nSPS) is 13.1. The Hall–Kier alpha value is -1.34. The van der Waals surface area contributed by atoms with Gasteiger partial charge in [-0.1, -0.05) is 36.4 Å². The van der Waals surface area contributed by atoms with Gasteiger partial charge in [-0.2, -0.15) is 0 Å². The first-order valence-electron chi connectivity index (χ1n) is 4.77. The van der Waals surface area contributed by atoms with E-state index in [-0.39, 0.29) is 0 Å². The third-order valence-electron chi connectivity index (χ3n) is 2.59. The second-order valence-electron chi connectivity index (χ2n) is 3.47. The maximum Gasteiger partial charge on any atom is 0.0383 e. The van der Waals surface area contributed by atoms with Crippen LogP contribution in [0, 0.1) is 0 Å². The van der Waals surface area contributed by atoms with E-state index in [9.17, 15) is 0 Å². The van der Waals surface area contributed by atoms with Crippen molar-refractivity contribution < 1.29 is 0 Å². The summed E-state index contributed by atoms with van der Waals surface area (Å²) in [6, 6.07) is 10.8. The standard InChI is InChI=1S/C13H10S/c1-2-7-12-10(4-1)5-3-6-11-8-9-14-13(11)12/h1-5,7-9H,6H2. The van der Waals surface area contributed by atoms with Crippen molar-refractivity contribution in [2.45, 2.75) is 6.42 Å². The first-order valence-corrected chi connectivity index (χ1v) is 5.65. The molecule has 0 amide bonds. The number of benzene rings is 1. The Kier molecular flexibility index (Phi) is 1.78. The van der Waals surface area contributed by atoms with E-state index in [1.165, 1.54) is 21.6 Å². The van der Waals surface area contributed by atoms with Gasteiger partial charge in [0, 0.05) is 4.88 Å². The highest BCUT2D eigenvalue weighted by Crippen LogP contribution is 2.35. The molecule has 2 aromatic rings. The molecular weight excluding hydrogens is 188 g/mol. The van der Waals surface area contributed by atoms with Crippen LogP contribution in [-0.2, 0) is 6.42 Å². The predicted molar refractivity (Wildman–Crippen MR) is 62.5 cm³/mol. The van der Waals surface area contributed by atoms with Gasteiger partial charge in [-0.3, -0.25) is 0 Å². The summed E-state index contributed by atoms with van der Waals surface area (Å²) in [5.74, 6) is 0. The molecule has 68 valence electrons. The van der Waals surface area contributed by atoms with Crippen LogP contribution in [0.25, 0.3) is 16.5 Å². The van der Waals surface area contributed by atoms with Crippen LogP contribution in [0.2, 0.25) is 0 Å². The maximum absolute atomic E-state index is 2.25. The number of allylic oxidation sites excluding steroid dienone is 1. The summed E-state index contributed by atoms with van der Waals surface area (Å²) in [5.41, 5.74) is 4.18. The first kappa shape index (κ1) is 8.01. The monoisotopic (exact) mass is 198 g/mol. The van der Waals surface area contributed by atoms with Gasteiger partial charge < -0.3 is 0 Å². The van der Waals surface area contributed by atoms with Crippen LogP contribution < -0.4 is 0 Å². The van der Waals surface area contributed by atoms with Crippen molar-refractivity contribution >= 4 is 17.4 Å². The Labute approximate surface area is 87.5 Å². The average molecular weight is 198 g/mol. The van der Waals surface area contributed by atoms with Gasteiger partial charge >= 0.3 is 0 Å². The molecule has 0 saturated heterocycles. The van der Waals surface area contributed by atoms with Crippen molar-refractivity contribution in [2.24, 2.45) is 0 Å².